The van der Waals surface area contributed by atoms with Crippen LogP contribution in [0, 0.1) is 5.92 Å². The molecule has 3 nitrogen and oxygen atoms in total. The standard InChI is InChI=1S/C22H27NO2S/c1-15(2)21(24)23-17(4)22(25)26-16(3)14-18-10-12-20(13-11-18)19-8-6-5-7-9-19/h5-13,15-17H,14H2,1-4H3,(H,23,24)/t16-,17+/m0/s1. The molecule has 0 aliphatic heterocycles. The molecule has 0 radical (unpaired) electrons. The lowest BCUT2D eigenvalue weighted by atomic mass is 10.0. The predicted molar refractivity (Wildman–Crippen MR) is 110 cm³/mol. The molecule has 0 heterocycles. The Morgan fingerprint density at radius 2 is 1.46 bits per heavy atom. The molecule has 2 rings (SSSR count). The van der Waals surface area contributed by atoms with Gasteiger partial charge in [0.2, 0.25) is 11.0 Å². The number of amides is 1. The zero-order valence-corrected chi connectivity index (χ0v) is 16.7. The maximum absolute atomic E-state index is 12.3. The smallest absolute Gasteiger partial charge is 0.223 e. The van der Waals surface area contributed by atoms with Gasteiger partial charge in [0.15, 0.2) is 0 Å². The monoisotopic (exact) mass is 369 g/mol. The largest absolute Gasteiger partial charge is 0.345 e. The summed E-state index contributed by atoms with van der Waals surface area (Å²) in [5, 5.41) is 2.93. The number of hydrogen-bond donors (Lipinski definition) is 1. The molecule has 1 N–H and O–H groups in total. The molecule has 0 saturated heterocycles. The van der Waals surface area contributed by atoms with Gasteiger partial charge in [0.05, 0.1) is 6.04 Å². The van der Waals surface area contributed by atoms with E-state index >= 15 is 0 Å². The zero-order chi connectivity index (χ0) is 19.1. The molecular weight excluding hydrogens is 342 g/mol. The molecule has 0 aromatic heterocycles. The van der Waals surface area contributed by atoms with E-state index in [4.69, 9.17) is 0 Å². The molecule has 0 aliphatic carbocycles. The normalized spacial score (nSPS) is 13.3. The van der Waals surface area contributed by atoms with E-state index in [0.29, 0.717) is 0 Å². The fourth-order valence-electron chi connectivity index (χ4n) is 2.58. The summed E-state index contributed by atoms with van der Waals surface area (Å²) in [6.07, 6.45) is 0.816. The molecule has 0 bridgehead atoms. The summed E-state index contributed by atoms with van der Waals surface area (Å²) < 4.78 is 0. The van der Waals surface area contributed by atoms with Crippen LogP contribution < -0.4 is 5.32 Å². The summed E-state index contributed by atoms with van der Waals surface area (Å²) in [5.41, 5.74) is 3.60. The van der Waals surface area contributed by atoms with Gasteiger partial charge in [0, 0.05) is 11.2 Å². The van der Waals surface area contributed by atoms with E-state index in [9.17, 15) is 9.59 Å². The number of rotatable bonds is 7. The Balaban J connectivity index is 1.88. The van der Waals surface area contributed by atoms with Gasteiger partial charge < -0.3 is 5.32 Å². The summed E-state index contributed by atoms with van der Waals surface area (Å²) in [7, 11) is 0. The molecule has 0 spiro atoms. The minimum Gasteiger partial charge on any atom is -0.345 e. The molecule has 2 aromatic carbocycles. The molecule has 0 unspecified atom stereocenters. The third-order valence-electron chi connectivity index (χ3n) is 4.14. The van der Waals surface area contributed by atoms with E-state index in [2.05, 4.69) is 41.7 Å². The first-order chi connectivity index (χ1) is 12.4. The molecule has 0 fully saturated rings. The first-order valence-electron chi connectivity index (χ1n) is 9.02. The third-order valence-corrected chi connectivity index (χ3v) is 5.29. The van der Waals surface area contributed by atoms with Gasteiger partial charge >= 0.3 is 0 Å². The van der Waals surface area contributed by atoms with Gasteiger partial charge in [-0.25, -0.2) is 0 Å². The van der Waals surface area contributed by atoms with Crippen molar-refractivity contribution < 1.29 is 9.59 Å². The minimum absolute atomic E-state index is 0.00686. The number of carbonyl (C=O) groups excluding carboxylic acids is 2. The third kappa shape index (κ3) is 6.03. The number of nitrogens with one attached hydrogen (secondary N) is 1. The maximum atomic E-state index is 12.3. The Kier molecular flexibility index (Phi) is 7.46. The van der Waals surface area contributed by atoms with Gasteiger partial charge in [0.25, 0.3) is 0 Å². The average molecular weight is 370 g/mol. The van der Waals surface area contributed by atoms with Crippen LogP contribution in [-0.2, 0) is 16.0 Å². The minimum atomic E-state index is -0.460. The van der Waals surface area contributed by atoms with Gasteiger partial charge in [-0.2, -0.15) is 0 Å². The average Bonchev–Trinajstić information content (AvgIpc) is 2.62. The molecular formula is C22H27NO2S. The Morgan fingerprint density at radius 3 is 2.04 bits per heavy atom. The molecule has 4 heteroatoms. The van der Waals surface area contributed by atoms with Crippen LogP contribution in [0.5, 0.6) is 0 Å². The van der Waals surface area contributed by atoms with E-state index in [-0.39, 0.29) is 22.2 Å². The summed E-state index contributed by atoms with van der Waals surface area (Å²) in [5.74, 6) is -0.202. The topological polar surface area (TPSA) is 46.2 Å². The number of hydrogen-bond acceptors (Lipinski definition) is 3. The van der Waals surface area contributed by atoms with Crippen molar-refractivity contribution in [3.05, 3.63) is 60.2 Å². The van der Waals surface area contributed by atoms with Crippen LogP contribution in [-0.4, -0.2) is 22.3 Å². The van der Waals surface area contributed by atoms with E-state index in [1.807, 2.05) is 39.0 Å². The lowest BCUT2D eigenvalue weighted by molar-refractivity contribution is -0.126. The molecule has 26 heavy (non-hydrogen) atoms. The highest BCUT2D eigenvalue weighted by Gasteiger charge is 2.20. The van der Waals surface area contributed by atoms with Crippen molar-refractivity contribution in [1.82, 2.24) is 5.32 Å². The van der Waals surface area contributed by atoms with E-state index in [0.717, 1.165) is 6.42 Å². The van der Waals surface area contributed by atoms with Crippen LogP contribution in [0.1, 0.15) is 33.3 Å². The summed E-state index contributed by atoms with van der Waals surface area (Å²) in [6, 6.07) is 18.3. The molecule has 0 aliphatic rings. The van der Waals surface area contributed by atoms with Crippen molar-refractivity contribution in [3.8, 4) is 11.1 Å². The summed E-state index contributed by atoms with van der Waals surface area (Å²) in [6.45, 7) is 7.43. The van der Waals surface area contributed by atoms with Gasteiger partial charge in [-0.05, 0) is 30.0 Å². The highest BCUT2D eigenvalue weighted by molar-refractivity contribution is 8.14. The predicted octanol–water partition coefficient (Wildman–Crippen LogP) is 4.71. The van der Waals surface area contributed by atoms with E-state index in [1.54, 1.807) is 6.92 Å². The van der Waals surface area contributed by atoms with Crippen molar-refractivity contribution >= 4 is 22.8 Å². The van der Waals surface area contributed by atoms with E-state index < -0.39 is 6.04 Å². The fraction of sp³-hybridized carbons (Fsp3) is 0.364. The highest BCUT2D eigenvalue weighted by atomic mass is 32.2. The van der Waals surface area contributed by atoms with Crippen molar-refractivity contribution in [2.45, 2.75) is 45.4 Å². The van der Waals surface area contributed by atoms with Gasteiger partial charge in [-0.1, -0.05) is 87.1 Å². The van der Waals surface area contributed by atoms with Crippen LogP contribution in [0.25, 0.3) is 11.1 Å². The Bertz CT molecular complexity index is 726. The molecule has 1 amide bonds. The number of thioether (sulfide) groups is 1. The molecule has 2 atom stereocenters. The van der Waals surface area contributed by atoms with Crippen LogP contribution in [0.15, 0.2) is 54.6 Å². The number of carbonyl (C=O) groups is 2. The van der Waals surface area contributed by atoms with Crippen LogP contribution >= 0.6 is 11.8 Å². The Labute approximate surface area is 160 Å². The number of benzene rings is 2. The lowest BCUT2D eigenvalue weighted by Gasteiger charge is -2.17. The summed E-state index contributed by atoms with van der Waals surface area (Å²) >= 11 is 1.30. The second-order valence-electron chi connectivity index (χ2n) is 6.90. The first-order valence-corrected chi connectivity index (χ1v) is 9.90. The molecule has 2 aromatic rings. The van der Waals surface area contributed by atoms with E-state index in [1.165, 1.54) is 28.5 Å². The SMILES string of the molecule is CC(C)C(=O)N[C@H](C)C(=O)S[C@@H](C)Cc1ccc(-c2ccccc2)cc1. The van der Waals surface area contributed by atoms with Gasteiger partial charge in [0.1, 0.15) is 0 Å². The maximum Gasteiger partial charge on any atom is 0.223 e. The molecule has 138 valence electrons. The van der Waals surface area contributed by atoms with Crippen LogP contribution in [0.3, 0.4) is 0 Å². The van der Waals surface area contributed by atoms with Crippen molar-refractivity contribution in [2.24, 2.45) is 5.92 Å². The highest BCUT2D eigenvalue weighted by Crippen LogP contribution is 2.22. The van der Waals surface area contributed by atoms with Crippen molar-refractivity contribution in [2.75, 3.05) is 0 Å². The van der Waals surface area contributed by atoms with Gasteiger partial charge in [-0.3, -0.25) is 9.59 Å². The Morgan fingerprint density at radius 1 is 0.885 bits per heavy atom. The second kappa shape index (κ2) is 9.58. The zero-order valence-electron chi connectivity index (χ0n) is 15.9. The van der Waals surface area contributed by atoms with Crippen LogP contribution in [0.4, 0.5) is 0 Å². The fourth-order valence-corrected chi connectivity index (χ4v) is 3.51. The molecule has 0 saturated carbocycles. The Hall–Kier alpha value is -2.07. The lowest BCUT2D eigenvalue weighted by Crippen LogP contribution is -2.40. The quantitative estimate of drug-likeness (QED) is 0.769. The van der Waals surface area contributed by atoms with Crippen molar-refractivity contribution in [3.63, 3.8) is 0 Å². The van der Waals surface area contributed by atoms with Crippen LogP contribution in [0.2, 0.25) is 0 Å². The second-order valence-corrected chi connectivity index (χ2v) is 8.34. The van der Waals surface area contributed by atoms with Gasteiger partial charge in [-0.15, -0.1) is 0 Å². The van der Waals surface area contributed by atoms with Crippen molar-refractivity contribution in [1.29, 1.82) is 0 Å². The first kappa shape index (κ1) is 20.2. The summed E-state index contributed by atoms with van der Waals surface area (Å²) in [4.78, 5) is 24.0.